The van der Waals surface area contributed by atoms with Gasteiger partial charge in [0.15, 0.2) is 6.73 Å². The van der Waals surface area contributed by atoms with Crippen LogP contribution in [-0.4, -0.2) is 25.5 Å². The van der Waals surface area contributed by atoms with Crippen molar-refractivity contribution in [2.75, 3.05) is 5.32 Å². The van der Waals surface area contributed by atoms with Gasteiger partial charge in [0.2, 0.25) is 0 Å². The van der Waals surface area contributed by atoms with Gasteiger partial charge in [-0.3, -0.25) is 25.0 Å². The van der Waals surface area contributed by atoms with Crippen molar-refractivity contribution in [2.45, 2.75) is 13.7 Å². The second-order valence-electron chi connectivity index (χ2n) is 6.05. The number of nitrogens with zero attached hydrogens (tertiary/aromatic N) is 4. The fourth-order valence-electron chi connectivity index (χ4n) is 2.63. The highest BCUT2D eigenvalue weighted by Gasteiger charge is 2.24. The number of amides is 1. The van der Waals surface area contributed by atoms with Crippen molar-refractivity contribution < 1.29 is 19.4 Å². The average Bonchev–Trinajstić information content (AvgIpc) is 3.17. The van der Waals surface area contributed by atoms with Gasteiger partial charge < -0.3 is 10.1 Å². The number of nitro groups is 2. The maximum Gasteiger partial charge on any atom is 0.281 e. The molecule has 1 aromatic heterocycles. The lowest BCUT2D eigenvalue weighted by Gasteiger charge is -2.10. The summed E-state index contributed by atoms with van der Waals surface area (Å²) in [5.74, 6) is -0.161. The monoisotopic (exact) mass is 431 g/mol. The number of ether oxygens (including phenoxy) is 1. The molecule has 0 saturated carbocycles. The van der Waals surface area contributed by atoms with E-state index in [2.05, 4.69) is 10.4 Å². The average molecular weight is 432 g/mol. The molecule has 0 saturated heterocycles. The predicted octanol–water partition coefficient (Wildman–Crippen LogP) is 3.95. The zero-order valence-corrected chi connectivity index (χ0v) is 16.2. The Hall–Kier alpha value is -3.99. The molecule has 0 fully saturated rings. The molecule has 0 bridgehead atoms. The normalized spacial score (nSPS) is 10.5. The van der Waals surface area contributed by atoms with Gasteiger partial charge in [-0.25, -0.2) is 4.68 Å². The molecule has 0 atom stereocenters. The number of benzene rings is 2. The molecule has 1 N–H and O–H groups in total. The molecule has 2 aromatic carbocycles. The topological polar surface area (TPSA) is 142 Å². The Morgan fingerprint density at radius 1 is 1.13 bits per heavy atom. The lowest BCUT2D eigenvalue weighted by atomic mass is 10.1. The van der Waals surface area contributed by atoms with E-state index in [9.17, 15) is 25.0 Å². The molecule has 0 radical (unpaired) electrons. The zero-order chi connectivity index (χ0) is 21.8. The van der Waals surface area contributed by atoms with Crippen LogP contribution in [0.25, 0.3) is 0 Å². The molecule has 0 aliphatic heterocycles. The Labute approximate surface area is 174 Å². The van der Waals surface area contributed by atoms with Crippen LogP contribution < -0.4 is 10.1 Å². The van der Waals surface area contributed by atoms with Gasteiger partial charge in [0.25, 0.3) is 17.3 Å². The van der Waals surface area contributed by atoms with E-state index < -0.39 is 27.1 Å². The number of halogens is 1. The van der Waals surface area contributed by atoms with Gasteiger partial charge in [0.1, 0.15) is 17.0 Å². The smallest absolute Gasteiger partial charge is 0.281 e. The van der Waals surface area contributed by atoms with E-state index in [1.807, 2.05) is 0 Å². The van der Waals surface area contributed by atoms with Gasteiger partial charge in [-0.1, -0.05) is 11.6 Å². The maximum atomic E-state index is 12.6. The number of rotatable bonds is 7. The summed E-state index contributed by atoms with van der Waals surface area (Å²) in [4.78, 5) is 33.5. The van der Waals surface area contributed by atoms with Crippen molar-refractivity contribution >= 4 is 34.6 Å². The Kier molecular flexibility index (Phi) is 5.93. The van der Waals surface area contributed by atoms with Crippen LogP contribution >= 0.6 is 11.6 Å². The van der Waals surface area contributed by atoms with Gasteiger partial charge in [-0.2, -0.15) is 5.10 Å². The first kappa shape index (κ1) is 20.7. The first-order valence-electron chi connectivity index (χ1n) is 8.41. The van der Waals surface area contributed by atoms with E-state index in [4.69, 9.17) is 16.3 Å². The summed E-state index contributed by atoms with van der Waals surface area (Å²) in [6.07, 6.45) is 1.38. The Morgan fingerprint density at radius 2 is 1.73 bits per heavy atom. The summed E-state index contributed by atoms with van der Waals surface area (Å²) < 4.78 is 6.81. The SMILES string of the molecule is Cc1c([N+](=O)[O-])cc(NC(=O)c2ccnn2COc2ccc(Cl)cc2)cc1[N+](=O)[O-]. The highest BCUT2D eigenvalue weighted by Crippen LogP contribution is 2.31. The van der Waals surface area contributed by atoms with E-state index in [0.717, 1.165) is 12.1 Å². The minimum absolute atomic E-state index is 0.0876. The van der Waals surface area contributed by atoms with Gasteiger partial charge in [-0.15, -0.1) is 0 Å². The molecule has 3 aromatic rings. The lowest BCUT2D eigenvalue weighted by Crippen LogP contribution is -2.20. The van der Waals surface area contributed by atoms with E-state index in [1.54, 1.807) is 24.3 Å². The predicted molar refractivity (Wildman–Crippen MR) is 107 cm³/mol. The number of aromatic nitrogens is 2. The highest BCUT2D eigenvalue weighted by atomic mass is 35.5. The Balaban J connectivity index is 1.80. The molecule has 1 amide bonds. The fraction of sp³-hybridized carbons (Fsp3) is 0.111. The summed E-state index contributed by atoms with van der Waals surface area (Å²) in [5, 5.41) is 29.4. The van der Waals surface area contributed by atoms with Crippen LogP contribution in [0.4, 0.5) is 17.1 Å². The van der Waals surface area contributed by atoms with Crippen LogP contribution in [0.5, 0.6) is 5.75 Å². The van der Waals surface area contributed by atoms with Crippen LogP contribution in [-0.2, 0) is 6.73 Å². The van der Waals surface area contributed by atoms with Crippen LogP contribution in [0.1, 0.15) is 16.1 Å². The standard InChI is InChI=1S/C18H14ClN5O6/c1-11-16(23(26)27)8-13(9-17(11)24(28)29)21-18(25)15-6-7-20-22(15)10-30-14-4-2-12(19)3-5-14/h2-9H,10H2,1H3,(H,21,25). The maximum absolute atomic E-state index is 12.6. The third-order valence-corrected chi connectivity index (χ3v) is 4.37. The molecule has 1 heterocycles. The van der Waals surface area contributed by atoms with Crippen molar-refractivity contribution in [1.29, 1.82) is 0 Å². The molecule has 12 heteroatoms. The number of nitrogens with one attached hydrogen (secondary N) is 1. The third kappa shape index (κ3) is 4.52. The van der Waals surface area contributed by atoms with E-state index >= 15 is 0 Å². The lowest BCUT2D eigenvalue weighted by molar-refractivity contribution is -0.395. The largest absolute Gasteiger partial charge is 0.471 e. The Bertz CT molecular complexity index is 1090. The molecule has 0 aliphatic rings. The molecule has 0 aliphatic carbocycles. The molecular formula is C18H14ClN5O6. The number of carbonyl (C=O) groups is 1. The quantitative estimate of drug-likeness (QED) is 0.440. The molecule has 0 unspecified atom stereocenters. The second-order valence-corrected chi connectivity index (χ2v) is 6.49. The number of carbonyl (C=O) groups excluding carboxylic acids is 1. The van der Waals surface area contributed by atoms with Crippen LogP contribution in [0, 0.1) is 27.2 Å². The first-order valence-corrected chi connectivity index (χ1v) is 8.79. The summed E-state index contributed by atoms with van der Waals surface area (Å²) in [6.45, 7) is 1.18. The van der Waals surface area contributed by atoms with Crippen molar-refractivity contribution in [3.63, 3.8) is 0 Å². The number of nitro benzene ring substituents is 2. The van der Waals surface area contributed by atoms with Crippen LogP contribution in [0.15, 0.2) is 48.7 Å². The van der Waals surface area contributed by atoms with Crippen molar-refractivity contribution in [2.24, 2.45) is 0 Å². The molecule has 30 heavy (non-hydrogen) atoms. The molecule has 154 valence electrons. The third-order valence-electron chi connectivity index (χ3n) is 4.12. The second kappa shape index (κ2) is 8.57. The van der Waals surface area contributed by atoms with Crippen LogP contribution in [0.3, 0.4) is 0 Å². The summed E-state index contributed by atoms with van der Waals surface area (Å²) in [7, 11) is 0. The first-order chi connectivity index (χ1) is 14.3. The number of hydrogen-bond donors (Lipinski definition) is 1. The van der Waals surface area contributed by atoms with Gasteiger partial charge in [0.05, 0.1) is 15.5 Å². The highest BCUT2D eigenvalue weighted by molar-refractivity contribution is 6.30. The Morgan fingerprint density at radius 3 is 2.30 bits per heavy atom. The minimum atomic E-state index is -0.748. The van der Waals surface area contributed by atoms with Gasteiger partial charge in [0, 0.05) is 23.4 Å². The summed E-state index contributed by atoms with van der Waals surface area (Å²) >= 11 is 5.82. The zero-order valence-electron chi connectivity index (χ0n) is 15.4. The van der Waals surface area contributed by atoms with Gasteiger partial charge >= 0.3 is 0 Å². The summed E-state index contributed by atoms with van der Waals surface area (Å²) in [6, 6.07) is 10.1. The fourth-order valence-corrected chi connectivity index (χ4v) is 2.75. The van der Waals surface area contributed by atoms with Crippen molar-refractivity contribution in [1.82, 2.24) is 9.78 Å². The number of anilines is 1. The minimum Gasteiger partial charge on any atom is -0.471 e. The van der Waals surface area contributed by atoms with Gasteiger partial charge in [-0.05, 0) is 37.3 Å². The van der Waals surface area contributed by atoms with E-state index in [-0.39, 0.29) is 23.7 Å². The van der Waals surface area contributed by atoms with Crippen molar-refractivity contribution in [3.05, 3.63) is 85.2 Å². The number of hydrogen-bond acceptors (Lipinski definition) is 7. The summed E-state index contributed by atoms with van der Waals surface area (Å²) in [5.41, 5.74) is -1.05. The molecule has 3 rings (SSSR count). The molecule has 11 nitrogen and oxygen atoms in total. The van der Waals surface area contributed by atoms with Crippen LogP contribution in [0.2, 0.25) is 5.02 Å². The molecule has 0 spiro atoms. The molecular weight excluding hydrogens is 418 g/mol. The van der Waals surface area contributed by atoms with E-state index in [1.165, 1.54) is 23.9 Å². The van der Waals surface area contributed by atoms with Crippen molar-refractivity contribution in [3.8, 4) is 5.75 Å². The van der Waals surface area contributed by atoms with E-state index in [0.29, 0.717) is 10.8 Å².